The van der Waals surface area contributed by atoms with Crippen molar-refractivity contribution in [3.8, 4) is 0 Å². The van der Waals surface area contributed by atoms with E-state index < -0.39 is 0 Å². The van der Waals surface area contributed by atoms with Gasteiger partial charge >= 0.3 is 0 Å². The number of hydrogen-bond acceptors (Lipinski definition) is 3. The first-order valence-corrected chi connectivity index (χ1v) is 6.45. The minimum atomic E-state index is 0.874. The number of likely N-dealkylation sites (N-methyl/N-ethyl adjacent to an activating group) is 1. The van der Waals surface area contributed by atoms with Crippen molar-refractivity contribution < 1.29 is 0 Å². The Hall–Kier alpha value is -0.120. The molecule has 0 aromatic rings. The number of hydrogen-bond donors (Lipinski definition) is 1. The number of piperazine rings is 1. The van der Waals surface area contributed by atoms with Gasteiger partial charge in [0.1, 0.15) is 0 Å². The van der Waals surface area contributed by atoms with E-state index in [0.717, 1.165) is 11.8 Å². The molecule has 2 fully saturated rings. The lowest BCUT2D eigenvalue weighted by molar-refractivity contribution is 0.103. The monoisotopic (exact) mass is 211 g/mol. The molecule has 2 rings (SSSR count). The highest BCUT2D eigenvalue weighted by atomic mass is 15.3. The molecule has 0 aromatic heterocycles. The summed E-state index contributed by atoms with van der Waals surface area (Å²) in [6, 6.07) is 0. The SMILES string of the molecule is CCN1CCN(CC(C)C2CNC2)CC1. The summed E-state index contributed by atoms with van der Waals surface area (Å²) >= 11 is 0. The predicted octanol–water partition coefficient (Wildman–Crippen LogP) is 0.479. The van der Waals surface area contributed by atoms with Gasteiger partial charge in [0, 0.05) is 32.7 Å². The van der Waals surface area contributed by atoms with E-state index in [9.17, 15) is 0 Å². The first-order valence-electron chi connectivity index (χ1n) is 6.45. The van der Waals surface area contributed by atoms with E-state index in [0.29, 0.717) is 0 Å². The van der Waals surface area contributed by atoms with Crippen molar-refractivity contribution in [1.82, 2.24) is 15.1 Å². The second-order valence-electron chi connectivity index (χ2n) is 5.13. The summed E-state index contributed by atoms with van der Waals surface area (Å²) in [6.07, 6.45) is 0. The Morgan fingerprint density at radius 1 is 1.13 bits per heavy atom. The van der Waals surface area contributed by atoms with Gasteiger partial charge in [0.2, 0.25) is 0 Å². The molecular formula is C12H25N3. The van der Waals surface area contributed by atoms with Gasteiger partial charge in [0.05, 0.1) is 0 Å². The van der Waals surface area contributed by atoms with Crippen LogP contribution in [0.4, 0.5) is 0 Å². The normalized spacial score (nSPS) is 27.6. The van der Waals surface area contributed by atoms with Crippen LogP contribution in [0.15, 0.2) is 0 Å². The van der Waals surface area contributed by atoms with Crippen LogP contribution in [-0.2, 0) is 0 Å². The molecule has 15 heavy (non-hydrogen) atoms. The van der Waals surface area contributed by atoms with Crippen molar-refractivity contribution in [2.75, 3.05) is 52.4 Å². The molecule has 3 heteroatoms. The van der Waals surface area contributed by atoms with Crippen molar-refractivity contribution in [3.63, 3.8) is 0 Å². The van der Waals surface area contributed by atoms with Gasteiger partial charge in [0.15, 0.2) is 0 Å². The van der Waals surface area contributed by atoms with Crippen LogP contribution in [0.2, 0.25) is 0 Å². The van der Waals surface area contributed by atoms with Crippen molar-refractivity contribution >= 4 is 0 Å². The lowest BCUT2D eigenvalue weighted by Gasteiger charge is -2.39. The van der Waals surface area contributed by atoms with E-state index in [-0.39, 0.29) is 0 Å². The lowest BCUT2D eigenvalue weighted by Crippen LogP contribution is -2.51. The molecule has 0 bridgehead atoms. The van der Waals surface area contributed by atoms with Crippen molar-refractivity contribution in [2.24, 2.45) is 11.8 Å². The third kappa shape index (κ3) is 2.92. The van der Waals surface area contributed by atoms with Crippen molar-refractivity contribution in [2.45, 2.75) is 13.8 Å². The first kappa shape index (κ1) is 11.4. The molecule has 1 unspecified atom stereocenters. The van der Waals surface area contributed by atoms with E-state index in [4.69, 9.17) is 0 Å². The summed E-state index contributed by atoms with van der Waals surface area (Å²) in [7, 11) is 0. The topological polar surface area (TPSA) is 18.5 Å². The smallest absolute Gasteiger partial charge is 0.0110 e. The Morgan fingerprint density at radius 3 is 2.20 bits per heavy atom. The predicted molar refractivity (Wildman–Crippen MR) is 64.1 cm³/mol. The van der Waals surface area contributed by atoms with Crippen LogP contribution >= 0.6 is 0 Å². The Bertz CT molecular complexity index is 183. The summed E-state index contributed by atoms with van der Waals surface area (Å²) < 4.78 is 0. The summed E-state index contributed by atoms with van der Waals surface area (Å²) in [5, 5.41) is 3.37. The third-order valence-electron chi connectivity index (χ3n) is 4.08. The minimum absolute atomic E-state index is 0.874. The molecule has 1 N–H and O–H groups in total. The fraction of sp³-hybridized carbons (Fsp3) is 1.00. The summed E-state index contributed by atoms with van der Waals surface area (Å²) in [5.74, 6) is 1.81. The Kier molecular flexibility index (Phi) is 4.00. The van der Waals surface area contributed by atoms with Crippen LogP contribution in [0.25, 0.3) is 0 Å². The summed E-state index contributed by atoms with van der Waals surface area (Å²) in [6.45, 7) is 14.8. The van der Waals surface area contributed by atoms with E-state index >= 15 is 0 Å². The highest BCUT2D eigenvalue weighted by molar-refractivity contribution is 4.82. The quantitative estimate of drug-likeness (QED) is 0.730. The molecule has 0 saturated carbocycles. The van der Waals surface area contributed by atoms with Gasteiger partial charge in [0.25, 0.3) is 0 Å². The Morgan fingerprint density at radius 2 is 1.73 bits per heavy atom. The molecule has 2 aliphatic rings. The highest BCUT2D eigenvalue weighted by Crippen LogP contribution is 2.17. The maximum Gasteiger partial charge on any atom is 0.0110 e. The largest absolute Gasteiger partial charge is 0.316 e. The van der Waals surface area contributed by atoms with Crippen LogP contribution in [0, 0.1) is 11.8 Å². The molecular weight excluding hydrogens is 186 g/mol. The second-order valence-corrected chi connectivity index (χ2v) is 5.13. The number of nitrogens with zero attached hydrogens (tertiary/aromatic N) is 2. The molecule has 2 aliphatic heterocycles. The number of rotatable bonds is 4. The fourth-order valence-corrected chi connectivity index (χ4v) is 2.56. The molecule has 0 aliphatic carbocycles. The molecule has 0 radical (unpaired) electrons. The number of nitrogens with one attached hydrogen (secondary N) is 1. The van der Waals surface area contributed by atoms with E-state index in [2.05, 4.69) is 29.0 Å². The third-order valence-corrected chi connectivity index (χ3v) is 4.08. The summed E-state index contributed by atoms with van der Waals surface area (Å²) in [5.41, 5.74) is 0. The average Bonchev–Trinajstić information content (AvgIpc) is 2.16. The van der Waals surface area contributed by atoms with Gasteiger partial charge < -0.3 is 15.1 Å². The minimum Gasteiger partial charge on any atom is -0.316 e. The maximum atomic E-state index is 3.37. The van der Waals surface area contributed by atoms with Gasteiger partial charge in [-0.05, 0) is 31.5 Å². The first-order chi connectivity index (χ1) is 7.29. The second kappa shape index (κ2) is 5.28. The average molecular weight is 211 g/mol. The Labute approximate surface area is 93.8 Å². The molecule has 2 heterocycles. The van der Waals surface area contributed by atoms with Crippen LogP contribution in [0.5, 0.6) is 0 Å². The van der Waals surface area contributed by atoms with Gasteiger partial charge in [-0.3, -0.25) is 0 Å². The molecule has 0 spiro atoms. The zero-order valence-corrected chi connectivity index (χ0v) is 10.2. The standard InChI is InChI=1S/C12H25N3/c1-3-14-4-6-15(7-5-14)10-11(2)12-8-13-9-12/h11-13H,3-10H2,1-2H3. The van der Waals surface area contributed by atoms with E-state index in [1.807, 2.05) is 0 Å². The molecule has 0 amide bonds. The molecule has 1 atom stereocenters. The van der Waals surface area contributed by atoms with Crippen LogP contribution in [-0.4, -0.2) is 62.2 Å². The van der Waals surface area contributed by atoms with E-state index in [1.54, 1.807) is 0 Å². The zero-order chi connectivity index (χ0) is 10.7. The Balaban J connectivity index is 1.67. The lowest BCUT2D eigenvalue weighted by atomic mass is 9.88. The molecule has 2 saturated heterocycles. The van der Waals surface area contributed by atoms with Crippen LogP contribution < -0.4 is 5.32 Å². The maximum absolute atomic E-state index is 3.37. The van der Waals surface area contributed by atoms with Gasteiger partial charge in [-0.1, -0.05) is 13.8 Å². The van der Waals surface area contributed by atoms with Crippen molar-refractivity contribution in [3.05, 3.63) is 0 Å². The summed E-state index contributed by atoms with van der Waals surface area (Å²) in [4.78, 5) is 5.20. The highest BCUT2D eigenvalue weighted by Gasteiger charge is 2.26. The van der Waals surface area contributed by atoms with Crippen molar-refractivity contribution in [1.29, 1.82) is 0 Å². The van der Waals surface area contributed by atoms with E-state index in [1.165, 1.54) is 52.4 Å². The molecule has 3 nitrogen and oxygen atoms in total. The molecule has 88 valence electrons. The van der Waals surface area contributed by atoms with Crippen LogP contribution in [0.3, 0.4) is 0 Å². The van der Waals surface area contributed by atoms with Gasteiger partial charge in [-0.15, -0.1) is 0 Å². The molecule has 0 aromatic carbocycles. The fourth-order valence-electron chi connectivity index (χ4n) is 2.56. The van der Waals surface area contributed by atoms with Gasteiger partial charge in [-0.2, -0.15) is 0 Å². The van der Waals surface area contributed by atoms with Gasteiger partial charge in [-0.25, -0.2) is 0 Å². The van der Waals surface area contributed by atoms with Crippen LogP contribution in [0.1, 0.15) is 13.8 Å². The zero-order valence-electron chi connectivity index (χ0n) is 10.2.